The Bertz CT molecular complexity index is 314. The van der Waals surface area contributed by atoms with Crippen molar-refractivity contribution in [2.45, 2.75) is 0 Å². The van der Waals surface area contributed by atoms with Gasteiger partial charge in [0, 0.05) is 16.1 Å². The first-order valence-corrected chi connectivity index (χ1v) is 4.88. The average molecular weight is 224 g/mol. The van der Waals surface area contributed by atoms with Crippen LogP contribution in [0.3, 0.4) is 0 Å². The molecule has 0 atom stereocenters. The molecule has 2 heteroatoms. The summed E-state index contributed by atoms with van der Waals surface area (Å²) in [6.45, 7) is 0. The summed E-state index contributed by atoms with van der Waals surface area (Å²) in [5.41, 5.74) is 0. The molecule has 0 heterocycles. The fraction of sp³-hybridized carbons (Fsp3) is 0. The van der Waals surface area contributed by atoms with E-state index in [1.165, 1.54) is 0 Å². The van der Waals surface area contributed by atoms with Crippen LogP contribution >= 0.6 is 23.2 Å². The molecule has 0 fully saturated rings. The maximum Gasteiger partial charge on any atom is 0.0500 e. The summed E-state index contributed by atoms with van der Waals surface area (Å²) >= 11 is 11.0. The average Bonchev–Trinajstić information content (AvgIpc) is 2.21. The highest BCUT2D eigenvalue weighted by molar-refractivity contribution is 6.34. The van der Waals surface area contributed by atoms with Crippen molar-refractivity contribution >= 4 is 23.2 Å². The minimum absolute atomic E-state index is 0.553. The van der Waals surface area contributed by atoms with E-state index in [0.717, 1.165) is 0 Å². The molecule has 0 saturated heterocycles. The van der Waals surface area contributed by atoms with E-state index in [1.54, 1.807) is 18.2 Å². The van der Waals surface area contributed by atoms with Gasteiger partial charge in [-0.15, -0.1) is 0 Å². The van der Waals surface area contributed by atoms with E-state index >= 15 is 0 Å². The molecule has 1 radical (unpaired) electrons. The van der Waals surface area contributed by atoms with Crippen molar-refractivity contribution in [2.75, 3.05) is 0 Å². The lowest BCUT2D eigenvalue weighted by molar-refractivity contribution is 1.69. The number of halogens is 2. The molecule has 0 amide bonds. The molecule has 0 aliphatic carbocycles. The molecule has 0 aliphatic heterocycles. The molecule has 2 aromatic carbocycles. The number of benzene rings is 2. The van der Waals surface area contributed by atoms with E-state index in [2.05, 4.69) is 6.07 Å². The first kappa shape index (κ1) is 11.1. The second-order valence-corrected chi connectivity index (χ2v) is 3.32. The first-order chi connectivity index (χ1) is 6.79. The molecular formula is C12H9Cl2. The van der Waals surface area contributed by atoms with Crippen LogP contribution in [0.15, 0.2) is 54.6 Å². The molecule has 0 aliphatic rings. The Morgan fingerprint density at radius 3 is 1.21 bits per heavy atom. The van der Waals surface area contributed by atoms with Gasteiger partial charge in [0.25, 0.3) is 0 Å². The summed E-state index contributed by atoms with van der Waals surface area (Å²) in [5.74, 6) is 0. The molecule has 0 saturated carbocycles. The zero-order valence-corrected chi connectivity index (χ0v) is 8.96. The van der Waals surface area contributed by atoms with Crippen molar-refractivity contribution in [3.05, 3.63) is 70.7 Å². The Morgan fingerprint density at radius 2 is 1.00 bits per heavy atom. The van der Waals surface area contributed by atoms with Crippen LogP contribution in [-0.4, -0.2) is 0 Å². The number of rotatable bonds is 0. The minimum Gasteiger partial charge on any atom is -0.0836 e. The molecule has 71 valence electrons. The highest BCUT2D eigenvalue weighted by Crippen LogP contribution is 2.12. The number of hydrogen-bond acceptors (Lipinski definition) is 0. The summed E-state index contributed by atoms with van der Waals surface area (Å²) in [7, 11) is 0. The lowest BCUT2D eigenvalue weighted by Crippen LogP contribution is -1.62. The maximum absolute atomic E-state index is 5.50. The lowest BCUT2D eigenvalue weighted by Gasteiger charge is -1.85. The molecule has 2 aromatic rings. The molecule has 0 unspecified atom stereocenters. The van der Waals surface area contributed by atoms with Crippen LogP contribution in [0.4, 0.5) is 0 Å². The predicted molar refractivity (Wildman–Crippen MR) is 61.7 cm³/mol. The SMILES string of the molecule is Clc1[c]c(Cl)ccc1.c1ccccc1. The first-order valence-electron chi connectivity index (χ1n) is 4.12. The monoisotopic (exact) mass is 223 g/mol. The van der Waals surface area contributed by atoms with Crippen LogP contribution in [0.25, 0.3) is 0 Å². The van der Waals surface area contributed by atoms with Crippen molar-refractivity contribution in [3.63, 3.8) is 0 Å². The van der Waals surface area contributed by atoms with Gasteiger partial charge in [0.2, 0.25) is 0 Å². The van der Waals surface area contributed by atoms with Crippen molar-refractivity contribution < 1.29 is 0 Å². The standard InChI is InChI=1S/C6H3Cl2.C6H6/c7-5-2-1-3-6(8)4-5;1-2-4-6-5-3-1/h1-3H;1-6H. The third kappa shape index (κ3) is 4.90. The van der Waals surface area contributed by atoms with Gasteiger partial charge in [-0.3, -0.25) is 0 Å². The van der Waals surface area contributed by atoms with Crippen molar-refractivity contribution in [1.82, 2.24) is 0 Å². The second-order valence-electron chi connectivity index (χ2n) is 2.50. The predicted octanol–water partition coefficient (Wildman–Crippen LogP) is 4.48. The van der Waals surface area contributed by atoms with Crippen LogP contribution in [0, 0.1) is 6.07 Å². The summed E-state index contributed by atoms with van der Waals surface area (Å²) in [6, 6.07) is 19.9. The second kappa shape index (κ2) is 6.47. The molecule has 0 aromatic heterocycles. The maximum atomic E-state index is 5.50. The Morgan fingerprint density at radius 1 is 0.643 bits per heavy atom. The highest BCUT2D eigenvalue weighted by atomic mass is 35.5. The fourth-order valence-electron chi connectivity index (χ4n) is 0.799. The lowest BCUT2D eigenvalue weighted by atomic mass is 10.4. The van der Waals surface area contributed by atoms with Gasteiger partial charge in [0.05, 0.1) is 0 Å². The largest absolute Gasteiger partial charge is 0.0836 e. The minimum atomic E-state index is 0.553. The molecule has 2 rings (SSSR count). The summed E-state index contributed by atoms with van der Waals surface area (Å²) in [5, 5.41) is 1.11. The fourth-order valence-corrected chi connectivity index (χ4v) is 1.20. The Hall–Kier alpha value is -0.980. The topological polar surface area (TPSA) is 0 Å². The van der Waals surface area contributed by atoms with Gasteiger partial charge in [0.1, 0.15) is 0 Å². The van der Waals surface area contributed by atoms with Gasteiger partial charge in [-0.1, -0.05) is 65.7 Å². The van der Waals surface area contributed by atoms with Gasteiger partial charge >= 0.3 is 0 Å². The molecule has 0 bridgehead atoms. The van der Waals surface area contributed by atoms with E-state index in [0.29, 0.717) is 10.0 Å². The number of hydrogen-bond donors (Lipinski definition) is 0. The highest BCUT2D eigenvalue weighted by Gasteiger charge is 1.86. The van der Waals surface area contributed by atoms with E-state index in [1.807, 2.05) is 36.4 Å². The van der Waals surface area contributed by atoms with Gasteiger partial charge in [-0.05, 0) is 12.1 Å². The van der Waals surface area contributed by atoms with E-state index in [9.17, 15) is 0 Å². The Kier molecular flexibility index (Phi) is 5.13. The molecular weight excluding hydrogens is 215 g/mol. The van der Waals surface area contributed by atoms with Crippen molar-refractivity contribution in [1.29, 1.82) is 0 Å². The van der Waals surface area contributed by atoms with Gasteiger partial charge in [0.15, 0.2) is 0 Å². The summed E-state index contributed by atoms with van der Waals surface area (Å²) in [6.07, 6.45) is 0. The summed E-state index contributed by atoms with van der Waals surface area (Å²) < 4.78 is 0. The summed E-state index contributed by atoms with van der Waals surface area (Å²) in [4.78, 5) is 0. The van der Waals surface area contributed by atoms with Gasteiger partial charge in [-0.25, -0.2) is 0 Å². The van der Waals surface area contributed by atoms with Crippen LogP contribution in [0.1, 0.15) is 0 Å². The molecule has 0 nitrogen and oxygen atoms in total. The molecule has 14 heavy (non-hydrogen) atoms. The smallest absolute Gasteiger partial charge is 0.0500 e. The molecule has 0 N–H and O–H groups in total. The quantitative estimate of drug-likeness (QED) is 0.618. The normalized spacial score (nSPS) is 8.71. The van der Waals surface area contributed by atoms with Crippen LogP contribution < -0.4 is 0 Å². The van der Waals surface area contributed by atoms with Crippen molar-refractivity contribution in [2.24, 2.45) is 0 Å². The zero-order valence-electron chi connectivity index (χ0n) is 7.45. The van der Waals surface area contributed by atoms with E-state index in [-0.39, 0.29) is 0 Å². The van der Waals surface area contributed by atoms with Crippen LogP contribution in [0.5, 0.6) is 0 Å². The van der Waals surface area contributed by atoms with E-state index < -0.39 is 0 Å². The Balaban J connectivity index is 0.000000146. The molecule has 0 spiro atoms. The third-order valence-corrected chi connectivity index (χ3v) is 1.83. The van der Waals surface area contributed by atoms with Crippen LogP contribution in [0.2, 0.25) is 10.0 Å². The van der Waals surface area contributed by atoms with E-state index in [4.69, 9.17) is 23.2 Å². The van der Waals surface area contributed by atoms with Crippen molar-refractivity contribution in [3.8, 4) is 0 Å². The van der Waals surface area contributed by atoms with Gasteiger partial charge < -0.3 is 0 Å². The zero-order chi connectivity index (χ0) is 10.2. The van der Waals surface area contributed by atoms with Gasteiger partial charge in [-0.2, -0.15) is 0 Å². The third-order valence-electron chi connectivity index (χ3n) is 1.39. The van der Waals surface area contributed by atoms with Crippen LogP contribution in [-0.2, 0) is 0 Å². The Labute approximate surface area is 94.1 Å².